The van der Waals surface area contributed by atoms with Crippen LogP contribution in [-0.4, -0.2) is 31.6 Å². The second-order valence-electron chi connectivity index (χ2n) is 8.77. The first kappa shape index (κ1) is 21.2. The molecule has 2 N–H and O–H groups in total. The average Bonchev–Trinajstić information content (AvgIpc) is 3.18. The Bertz CT molecular complexity index is 1350. The molecule has 1 amide bonds. The number of aromatic nitrogens is 3. The number of aromatic carboxylic acids is 1. The van der Waals surface area contributed by atoms with Crippen molar-refractivity contribution < 1.29 is 14.7 Å². The maximum Gasteiger partial charge on any atom is 0.335 e. The smallest absolute Gasteiger partial charge is 0.335 e. The molecule has 2 heterocycles. The molecule has 4 rings (SSSR count). The van der Waals surface area contributed by atoms with Crippen LogP contribution in [-0.2, 0) is 4.79 Å². The maximum atomic E-state index is 12.4. The predicted octanol–water partition coefficient (Wildman–Crippen LogP) is 5.05. The fraction of sp³-hybridized carbons (Fsp3) is 0.200. The van der Waals surface area contributed by atoms with Gasteiger partial charge < -0.3 is 10.4 Å². The van der Waals surface area contributed by atoms with Crippen molar-refractivity contribution in [1.29, 1.82) is 0 Å². The molecule has 2 aromatic heterocycles. The van der Waals surface area contributed by atoms with Crippen LogP contribution in [0.2, 0.25) is 0 Å². The molecule has 0 aliphatic heterocycles. The van der Waals surface area contributed by atoms with Crippen LogP contribution < -0.4 is 5.32 Å². The number of carboxylic acid groups (broad SMARTS) is 1. The predicted molar refractivity (Wildman–Crippen MR) is 124 cm³/mol. The van der Waals surface area contributed by atoms with Crippen molar-refractivity contribution in [2.75, 3.05) is 5.32 Å². The zero-order chi connectivity index (χ0) is 23.0. The summed E-state index contributed by atoms with van der Waals surface area (Å²) in [5, 5.41) is 16.8. The van der Waals surface area contributed by atoms with E-state index in [0.29, 0.717) is 16.9 Å². The van der Waals surface area contributed by atoms with Gasteiger partial charge in [0, 0.05) is 22.2 Å². The minimum absolute atomic E-state index is 0.0531. The lowest BCUT2D eigenvalue weighted by Crippen LogP contribution is -2.27. The van der Waals surface area contributed by atoms with E-state index in [-0.39, 0.29) is 11.5 Å². The summed E-state index contributed by atoms with van der Waals surface area (Å²) in [6.07, 6.45) is 1.82. The van der Waals surface area contributed by atoms with Crippen molar-refractivity contribution in [1.82, 2.24) is 14.6 Å². The summed E-state index contributed by atoms with van der Waals surface area (Å²) < 4.78 is 1.67. The van der Waals surface area contributed by atoms with Gasteiger partial charge in [-0.05, 0) is 42.8 Å². The van der Waals surface area contributed by atoms with E-state index in [1.807, 2.05) is 70.3 Å². The number of nitrogens with zero attached hydrogens (tertiary/aromatic N) is 3. The molecule has 162 valence electrons. The summed E-state index contributed by atoms with van der Waals surface area (Å²) >= 11 is 0. The number of carbonyl (C=O) groups is 2. The number of benzene rings is 2. The van der Waals surface area contributed by atoms with Gasteiger partial charge in [0.1, 0.15) is 0 Å². The lowest BCUT2D eigenvalue weighted by molar-refractivity contribution is -0.123. The Hall–Kier alpha value is -4.00. The van der Waals surface area contributed by atoms with E-state index >= 15 is 0 Å². The fourth-order valence-electron chi connectivity index (χ4n) is 3.21. The van der Waals surface area contributed by atoms with E-state index in [1.165, 1.54) is 0 Å². The Kier molecular flexibility index (Phi) is 5.26. The molecular formula is C25H24N4O3. The van der Waals surface area contributed by atoms with Gasteiger partial charge in [-0.2, -0.15) is 5.10 Å². The van der Waals surface area contributed by atoms with Gasteiger partial charge in [-0.1, -0.05) is 45.0 Å². The highest BCUT2D eigenvalue weighted by Crippen LogP contribution is 2.27. The third kappa shape index (κ3) is 4.23. The Labute approximate surface area is 185 Å². The van der Waals surface area contributed by atoms with Crippen LogP contribution in [0, 0.1) is 12.3 Å². The molecule has 7 nitrogen and oxygen atoms in total. The standard InChI is InChI=1S/C25H24N4O3/c1-15-8-9-17(13-20(15)27-24(32)25(2,3)4)21-14-29-22(26-21)11-10-19(28-29)16-6-5-7-18(12-16)23(30)31/h5-14H,1-4H3,(H,27,32)(H,30,31). The number of nitrogens with one attached hydrogen (secondary N) is 1. The highest BCUT2D eigenvalue weighted by Gasteiger charge is 2.22. The number of amides is 1. The molecule has 0 saturated carbocycles. The van der Waals surface area contributed by atoms with Crippen LogP contribution in [0.3, 0.4) is 0 Å². The minimum atomic E-state index is -0.980. The van der Waals surface area contributed by atoms with Crippen molar-refractivity contribution in [3.63, 3.8) is 0 Å². The summed E-state index contributed by atoms with van der Waals surface area (Å²) in [6, 6.07) is 16.2. The van der Waals surface area contributed by atoms with E-state index in [4.69, 9.17) is 0 Å². The number of hydrogen-bond acceptors (Lipinski definition) is 4. The lowest BCUT2D eigenvalue weighted by atomic mass is 9.95. The van der Waals surface area contributed by atoms with Crippen LogP contribution >= 0.6 is 0 Å². The van der Waals surface area contributed by atoms with Gasteiger partial charge in [0.15, 0.2) is 5.65 Å². The zero-order valence-corrected chi connectivity index (χ0v) is 18.4. The van der Waals surface area contributed by atoms with Gasteiger partial charge in [-0.15, -0.1) is 0 Å². The van der Waals surface area contributed by atoms with Gasteiger partial charge >= 0.3 is 5.97 Å². The van der Waals surface area contributed by atoms with Crippen molar-refractivity contribution in [3.05, 3.63) is 71.9 Å². The van der Waals surface area contributed by atoms with Gasteiger partial charge in [0.05, 0.1) is 23.1 Å². The third-order valence-corrected chi connectivity index (χ3v) is 5.19. The van der Waals surface area contributed by atoms with Gasteiger partial charge in [0.2, 0.25) is 5.91 Å². The Morgan fingerprint density at radius 1 is 0.969 bits per heavy atom. The topological polar surface area (TPSA) is 96.6 Å². The molecule has 0 spiro atoms. The number of hydrogen-bond donors (Lipinski definition) is 2. The molecule has 0 unspecified atom stereocenters. The Morgan fingerprint density at radius 3 is 2.44 bits per heavy atom. The molecule has 0 radical (unpaired) electrons. The number of rotatable bonds is 4. The largest absolute Gasteiger partial charge is 0.478 e. The third-order valence-electron chi connectivity index (χ3n) is 5.19. The van der Waals surface area contributed by atoms with Gasteiger partial charge in [0.25, 0.3) is 0 Å². The number of aryl methyl sites for hydroxylation is 1. The lowest BCUT2D eigenvalue weighted by Gasteiger charge is -2.19. The van der Waals surface area contributed by atoms with E-state index in [2.05, 4.69) is 15.4 Å². The van der Waals surface area contributed by atoms with Crippen LogP contribution in [0.4, 0.5) is 5.69 Å². The number of imidazole rings is 1. The van der Waals surface area contributed by atoms with Gasteiger partial charge in [-0.25, -0.2) is 14.3 Å². The van der Waals surface area contributed by atoms with Crippen molar-refractivity contribution in [2.45, 2.75) is 27.7 Å². The van der Waals surface area contributed by atoms with E-state index in [9.17, 15) is 14.7 Å². The molecule has 0 saturated heterocycles. The normalized spacial score (nSPS) is 11.5. The molecule has 2 aromatic carbocycles. The minimum Gasteiger partial charge on any atom is -0.478 e. The average molecular weight is 428 g/mol. The van der Waals surface area contributed by atoms with Crippen molar-refractivity contribution >= 4 is 23.2 Å². The molecule has 4 aromatic rings. The first-order valence-electron chi connectivity index (χ1n) is 10.2. The highest BCUT2D eigenvalue weighted by atomic mass is 16.4. The van der Waals surface area contributed by atoms with Crippen LogP contribution in [0.15, 0.2) is 60.8 Å². The molecule has 32 heavy (non-hydrogen) atoms. The summed E-state index contributed by atoms with van der Waals surface area (Å²) in [7, 11) is 0. The summed E-state index contributed by atoms with van der Waals surface area (Å²) in [5.41, 5.74) is 5.03. The van der Waals surface area contributed by atoms with Crippen molar-refractivity contribution in [3.8, 4) is 22.5 Å². The summed E-state index contributed by atoms with van der Waals surface area (Å²) in [6.45, 7) is 7.57. The molecule has 0 aliphatic rings. The van der Waals surface area contributed by atoms with Gasteiger partial charge in [-0.3, -0.25) is 4.79 Å². The van der Waals surface area contributed by atoms with Crippen LogP contribution in [0.1, 0.15) is 36.7 Å². The Balaban J connectivity index is 1.69. The van der Waals surface area contributed by atoms with E-state index < -0.39 is 11.4 Å². The number of carbonyl (C=O) groups excluding carboxylic acids is 1. The molecule has 0 bridgehead atoms. The molecule has 0 atom stereocenters. The highest BCUT2D eigenvalue weighted by molar-refractivity contribution is 5.95. The molecular weight excluding hydrogens is 404 g/mol. The van der Waals surface area contributed by atoms with E-state index in [1.54, 1.807) is 22.7 Å². The first-order valence-corrected chi connectivity index (χ1v) is 10.2. The van der Waals surface area contributed by atoms with Crippen molar-refractivity contribution in [2.24, 2.45) is 5.41 Å². The maximum absolute atomic E-state index is 12.4. The fourth-order valence-corrected chi connectivity index (χ4v) is 3.21. The number of carboxylic acids is 1. The molecule has 7 heteroatoms. The summed E-state index contributed by atoms with van der Waals surface area (Å²) in [5.74, 6) is -1.03. The number of anilines is 1. The second-order valence-corrected chi connectivity index (χ2v) is 8.77. The first-order chi connectivity index (χ1) is 15.1. The molecule has 0 fully saturated rings. The SMILES string of the molecule is Cc1ccc(-c2cn3nc(-c4cccc(C(=O)O)c4)ccc3n2)cc1NC(=O)C(C)(C)C. The summed E-state index contributed by atoms with van der Waals surface area (Å²) in [4.78, 5) is 28.4. The second kappa shape index (κ2) is 7.92. The molecule has 0 aliphatic carbocycles. The quantitative estimate of drug-likeness (QED) is 0.474. The number of fused-ring (bicyclic) bond motifs is 1. The monoisotopic (exact) mass is 428 g/mol. The Morgan fingerprint density at radius 2 is 1.72 bits per heavy atom. The van der Waals surface area contributed by atoms with Crippen LogP contribution in [0.25, 0.3) is 28.2 Å². The van der Waals surface area contributed by atoms with E-state index in [0.717, 1.165) is 22.5 Å². The zero-order valence-electron chi connectivity index (χ0n) is 18.4. The van der Waals surface area contributed by atoms with Crippen LogP contribution in [0.5, 0.6) is 0 Å².